The van der Waals surface area contributed by atoms with Crippen molar-refractivity contribution in [1.82, 2.24) is 4.90 Å². The highest BCUT2D eigenvalue weighted by Gasteiger charge is 2.34. The Morgan fingerprint density at radius 1 is 1.43 bits per heavy atom. The van der Waals surface area contributed by atoms with E-state index >= 15 is 0 Å². The molecule has 0 bridgehead atoms. The second-order valence-electron chi connectivity index (χ2n) is 6.61. The third kappa shape index (κ3) is 5.16. The second kappa shape index (κ2) is 7.25. The molecule has 1 aromatic rings. The highest BCUT2D eigenvalue weighted by molar-refractivity contribution is 6.30. The van der Waals surface area contributed by atoms with Crippen molar-refractivity contribution in [2.75, 3.05) is 13.2 Å². The SMILES string of the molecule is C#C[C@H]1CN(C(=O)OC(C)(C)C)[C@@H](Cc2ccc(Cl)cc2)CO1. The molecule has 2 atom stereocenters. The number of hydrogen-bond acceptors (Lipinski definition) is 3. The van der Waals surface area contributed by atoms with Gasteiger partial charge in [0, 0.05) is 5.02 Å². The normalized spacial score (nSPS) is 21.6. The molecule has 124 valence electrons. The summed E-state index contributed by atoms with van der Waals surface area (Å²) >= 11 is 5.91. The van der Waals surface area contributed by atoms with Crippen molar-refractivity contribution in [2.45, 2.75) is 44.9 Å². The molecular formula is C18H22ClNO3. The Balaban J connectivity index is 2.13. The molecule has 1 fully saturated rings. The van der Waals surface area contributed by atoms with Crippen molar-refractivity contribution < 1.29 is 14.3 Å². The first-order valence-electron chi connectivity index (χ1n) is 7.60. The number of rotatable bonds is 2. The maximum atomic E-state index is 12.5. The molecule has 0 unspecified atom stereocenters. The molecule has 1 saturated heterocycles. The average Bonchev–Trinajstić information content (AvgIpc) is 2.48. The lowest BCUT2D eigenvalue weighted by Crippen LogP contribution is -2.54. The number of carbonyl (C=O) groups excluding carboxylic acids is 1. The van der Waals surface area contributed by atoms with E-state index in [-0.39, 0.29) is 12.1 Å². The van der Waals surface area contributed by atoms with Gasteiger partial charge in [-0.1, -0.05) is 29.7 Å². The van der Waals surface area contributed by atoms with Gasteiger partial charge in [-0.3, -0.25) is 4.90 Å². The van der Waals surface area contributed by atoms with Crippen LogP contribution in [0.2, 0.25) is 5.02 Å². The Labute approximate surface area is 142 Å². The lowest BCUT2D eigenvalue weighted by Gasteiger charge is -2.38. The summed E-state index contributed by atoms with van der Waals surface area (Å²) in [6.45, 7) is 6.26. The van der Waals surface area contributed by atoms with Gasteiger partial charge in [0.25, 0.3) is 0 Å². The van der Waals surface area contributed by atoms with Crippen molar-refractivity contribution in [3.8, 4) is 12.3 Å². The molecular weight excluding hydrogens is 314 g/mol. The topological polar surface area (TPSA) is 38.8 Å². The van der Waals surface area contributed by atoms with Gasteiger partial charge in [-0.15, -0.1) is 6.42 Å². The van der Waals surface area contributed by atoms with E-state index in [0.717, 1.165) is 5.56 Å². The molecule has 0 N–H and O–H groups in total. The quantitative estimate of drug-likeness (QED) is 0.776. The molecule has 1 aromatic carbocycles. The minimum Gasteiger partial charge on any atom is -0.444 e. The van der Waals surface area contributed by atoms with Gasteiger partial charge in [0.2, 0.25) is 0 Å². The van der Waals surface area contributed by atoms with Crippen molar-refractivity contribution in [3.05, 3.63) is 34.9 Å². The smallest absolute Gasteiger partial charge is 0.410 e. The molecule has 1 aliphatic rings. The van der Waals surface area contributed by atoms with E-state index in [1.807, 2.05) is 45.0 Å². The van der Waals surface area contributed by atoms with Gasteiger partial charge >= 0.3 is 6.09 Å². The third-order valence-corrected chi connectivity index (χ3v) is 3.74. The number of morpholine rings is 1. The molecule has 1 aliphatic heterocycles. The molecule has 23 heavy (non-hydrogen) atoms. The van der Waals surface area contributed by atoms with E-state index < -0.39 is 11.7 Å². The summed E-state index contributed by atoms with van der Waals surface area (Å²) < 4.78 is 11.1. The summed E-state index contributed by atoms with van der Waals surface area (Å²) in [7, 11) is 0. The zero-order valence-corrected chi connectivity index (χ0v) is 14.5. The average molecular weight is 336 g/mol. The fourth-order valence-corrected chi connectivity index (χ4v) is 2.53. The van der Waals surface area contributed by atoms with Gasteiger partial charge in [-0.2, -0.15) is 0 Å². The predicted molar refractivity (Wildman–Crippen MR) is 90.5 cm³/mol. The Morgan fingerprint density at radius 3 is 2.65 bits per heavy atom. The highest BCUT2D eigenvalue weighted by Crippen LogP contribution is 2.20. The molecule has 1 heterocycles. The fraction of sp³-hybridized carbons (Fsp3) is 0.500. The van der Waals surface area contributed by atoms with Crippen LogP contribution in [0.25, 0.3) is 0 Å². The molecule has 1 amide bonds. The van der Waals surface area contributed by atoms with E-state index in [4.69, 9.17) is 27.5 Å². The van der Waals surface area contributed by atoms with Crippen molar-refractivity contribution in [2.24, 2.45) is 0 Å². The zero-order chi connectivity index (χ0) is 17.0. The van der Waals surface area contributed by atoms with Gasteiger partial charge in [-0.25, -0.2) is 4.79 Å². The Hall–Kier alpha value is -1.70. The number of benzene rings is 1. The number of halogens is 1. The maximum Gasteiger partial charge on any atom is 0.410 e. The molecule has 4 nitrogen and oxygen atoms in total. The van der Waals surface area contributed by atoms with Crippen LogP contribution in [-0.4, -0.2) is 41.9 Å². The Morgan fingerprint density at radius 2 is 2.09 bits per heavy atom. The monoisotopic (exact) mass is 335 g/mol. The number of terminal acetylenes is 1. The highest BCUT2D eigenvalue weighted by atomic mass is 35.5. The summed E-state index contributed by atoms with van der Waals surface area (Å²) in [6, 6.07) is 7.45. The lowest BCUT2D eigenvalue weighted by molar-refractivity contribution is -0.0509. The summed E-state index contributed by atoms with van der Waals surface area (Å²) in [5.74, 6) is 2.55. The molecule has 0 radical (unpaired) electrons. The first-order chi connectivity index (χ1) is 10.8. The number of carbonyl (C=O) groups is 1. The van der Waals surface area contributed by atoms with Crippen molar-refractivity contribution in [3.63, 3.8) is 0 Å². The van der Waals surface area contributed by atoms with E-state index in [9.17, 15) is 4.79 Å². The molecule has 0 saturated carbocycles. The van der Waals surface area contributed by atoms with E-state index in [1.54, 1.807) is 4.90 Å². The Kier molecular flexibility index (Phi) is 5.56. The van der Waals surface area contributed by atoms with Crippen LogP contribution >= 0.6 is 11.6 Å². The van der Waals surface area contributed by atoms with Gasteiger partial charge in [0.1, 0.15) is 11.7 Å². The van der Waals surface area contributed by atoms with Gasteiger partial charge in [0.15, 0.2) is 0 Å². The van der Waals surface area contributed by atoms with Crippen LogP contribution in [0.1, 0.15) is 26.3 Å². The maximum absolute atomic E-state index is 12.5. The molecule has 0 spiro atoms. The largest absolute Gasteiger partial charge is 0.444 e. The number of nitrogens with zero attached hydrogens (tertiary/aromatic N) is 1. The summed E-state index contributed by atoms with van der Waals surface area (Å²) in [4.78, 5) is 14.2. The van der Waals surface area contributed by atoms with Crippen LogP contribution in [-0.2, 0) is 15.9 Å². The number of ether oxygens (including phenoxy) is 2. The van der Waals surface area contributed by atoms with Crippen LogP contribution < -0.4 is 0 Å². The van der Waals surface area contributed by atoms with E-state index in [0.29, 0.717) is 24.6 Å². The number of amides is 1. The van der Waals surface area contributed by atoms with Crippen molar-refractivity contribution in [1.29, 1.82) is 0 Å². The second-order valence-corrected chi connectivity index (χ2v) is 7.04. The zero-order valence-electron chi connectivity index (χ0n) is 13.7. The molecule has 5 heteroatoms. The van der Waals surface area contributed by atoms with Crippen molar-refractivity contribution >= 4 is 17.7 Å². The van der Waals surface area contributed by atoms with Crippen LogP contribution in [0, 0.1) is 12.3 Å². The first-order valence-corrected chi connectivity index (χ1v) is 7.98. The van der Waals surface area contributed by atoms with Gasteiger partial charge < -0.3 is 9.47 Å². The minimum absolute atomic E-state index is 0.115. The van der Waals surface area contributed by atoms with Gasteiger partial charge in [0.05, 0.1) is 19.2 Å². The summed E-state index contributed by atoms with van der Waals surface area (Å²) in [5, 5.41) is 0.685. The molecule has 2 rings (SSSR count). The third-order valence-electron chi connectivity index (χ3n) is 3.49. The number of hydrogen-bond donors (Lipinski definition) is 0. The van der Waals surface area contributed by atoms with Crippen LogP contribution in [0.5, 0.6) is 0 Å². The summed E-state index contributed by atoms with van der Waals surface area (Å²) in [6.07, 6.45) is 5.34. The van der Waals surface area contributed by atoms with E-state index in [2.05, 4.69) is 5.92 Å². The van der Waals surface area contributed by atoms with Crippen LogP contribution in [0.3, 0.4) is 0 Å². The van der Waals surface area contributed by atoms with Gasteiger partial charge in [-0.05, 0) is 44.9 Å². The van der Waals surface area contributed by atoms with Crippen LogP contribution in [0.15, 0.2) is 24.3 Å². The molecule has 0 aliphatic carbocycles. The first kappa shape index (κ1) is 17.7. The lowest BCUT2D eigenvalue weighted by atomic mass is 10.0. The van der Waals surface area contributed by atoms with Crippen LogP contribution in [0.4, 0.5) is 4.79 Å². The fourth-order valence-electron chi connectivity index (χ4n) is 2.40. The Bertz CT molecular complexity index is 586. The van der Waals surface area contributed by atoms with E-state index in [1.165, 1.54) is 0 Å². The minimum atomic E-state index is -0.550. The summed E-state index contributed by atoms with van der Waals surface area (Å²) in [5.41, 5.74) is 0.530. The molecule has 0 aromatic heterocycles. The standard InChI is InChI=1S/C18H22ClNO3/c1-5-16-11-20(17(21)23-18(2,3)4)15(12-22-16)10-13-6-8-14(19)9-7-13/h1,6-9,15-16H,10-12H2,2-4H3/t15-,16-/m0/s1. The predicted octanol–water partition coefficient (Wildman–Crippen LogP) is 3.52.